The maximum Gasteiger partial charge on any atom is 0.136 e. The summed E-state index contributed by atoms with van der Waals surface area (Å²) in [5.74, 6) is 1.37. The van der Waals surface area contributed by atoms with Crippen LogP contribution in [0.4, 0.5) is 5.69 Å². The second kappa shape index (κ2) is 5.51. The van der Waals surface area contributed by atoms with Crippen LogP contribution in [0.3, 0.4) is 0 Å². The van der Waals surface area contributed by atoms with Gasteiger partial charge in [0.2, 0.25) is 0 Å². The highest BCUT2D eigenvalue weighted by Gasteiger charge is 2.05. The van der Waals surface area contributed by atoms with Gasteiger partial charge in [0.1, 0.15) is 11.5 Å². The van der Waals surface area contributed by atoms with E-state index in [9.17, 15) is 5.11 Å². The van der Waals surface area contributed by atoms with Gasteiger partial charge in [0, 0.05) is 43.8 Å². The summed E-state index contributed by atoms with van der Waals surface area (Å²) < 4.78 is 5.76. The second-order valence-corrected chi connectivity index (χ2v) is 4.14. The van der Waals surface area contributed by atoms with Crippen molar-refractivity contribution in [2.45, 2.75) is 6.61 Å². The second-order valence-electron chi connectivity index (χ2n) is 4.14. The zero-order valence-corrected chi connectivity index (χ0v) is 10.5. The van der Waals surface area contributed by atoms with Gasteiger partial charge >= 0.3 is 0 Å². The van der Waals surface area contributed by atoms with Gasteiger partial charge in [-0.05, 0) is 18.2 Å². The van der Waals surface area contributed by atoms with E-state index in [-0.39, 0.29) is 6.61 Å². The van der Waals surface area contributed by atoms with Gasteiger partial charge in [-0.15, -0.1) is 0 Å². The number of benzene rings is 1. The Morgan fingerprint density at radius 2 is 2.11 bits per heavy atom. The number of rotatable bonds is 4. The van der Waals surface area contributed by atoms with Crippen molar-refractivity contribution in [3.8, 4) is 11.5 Å². The van der Waals surface area contributed by atoms with Crippen LogP contribution in [-0.4, -0.2) is 24.2 Å². The van der Waals surface area contributed by atoms with Crippen molar-refractivity contribution in [2.75, 3.05) is 19.0 Å². The van der Waals surface area contributed by atoms with Crippen molar-refractivity contribution in [1.29, 1.82) is 0 Å². The third-order valence-corrected chi connectivity index (χ3v) is 2.59. The van der Waals surface area contributed by atoms with Gasteiger partial charge in [0.25, 0.3) is 0 Å². The van der Waals surface area contributed by atoms with Crippen LogP contribution in [0.5, 0.6) is 11.5 Å². The normalized spacial score (nSPS) is 10.2. The molecule has 4 nitrogen and oxygen atoms in total. The predicted molar refractivity (Wildman–Crippen MR) is 71.0 cm³/mol. The van der Waals surface area contributed by atoms with Crippen molar-refractivity contribution in [3.63, 3.8) is 0 Å². The molecule has 0 saturated heterocycles. The summed E-state index contributed by atoms with van der Waals surface area (Å²) in [5, 5.41) is 9.21. The number of pyridine rings is 1. The Morgan fingerprint density at radius 1 is 1.28 bits per heavy atom. The molecule has 2 aromatic rings. The van der Waals surface area contributed by atoms with E-state index in [4.69, 9.17) is 4.74 Å². The van der Waals surface area contributed by atoms with E-state index in [1.165, 1.54) is 0 Å². The summed E-state index contributed by atoms with van der Waals surface area (Å²) in [7, 11) is 3.95. The molecule has 0 bridgehead atoms. The lowest BCUT2D eigenvalue weighted by molar-refractivity contribution is 0.276. The zero-order chi connectivity index (χ0) is 13.0. The number of aromatic nitrogens is 1. The van der Waals surface area contributed by atoms with Gasteiger partial charge in [-0.3, -0.25) is 4.98 Å². The van der Waals surface area contributed by atoms with Gasteiger partial charge < -0.3 is 14.7 Å². The number of hydrogen-bond donors (Lipinski definition) is 1. The lowest BCUT2D eigenvalue weighted by Crippen LogP contribution is -2.08. The van der Waals surface area contributed by atoms with Gasteiger partial charge in [0.15, 0.2) is 0 Å². The molecule has 1 heterocycles. The van der Waals surface area contributed by atoms with Crippen LogP contribution < -0.4 is 9.64 Å². The molecule has 0 amide bonds. The van der Waals surface area contributed by atoms with Crippen molar-refractivity contribution in [2.24, 2.45) is 0 Å². The van der Waals surface area contributed by atoms with E-state index in [1.54, 1.807) is 18.5 Å². The lowest BCUT2D eigenvalue weighted by Gasteiger charge is -2.14. The Hall–Kier alpha value is -2.07. The fraction of sp³-hybridized carbons (Fsp3) is 0.214. The first kappa shape index (κ1) is 12.4. The summed E-state index contributed by atoms with van der Waals surface area (Å²) in [6.07, 6.45) is 3.25. The number of aliphatic hydroxyl groups excluding tert-OH is 1. The standard InChI is InChI=1S/C14H16N2O2/c1-16(2)12-4-3-5-13(8-12)18-14-6-7-15-9-11(14)10-17/h3-9,17H,10H2,1-2H3. The molecule has 4 heteroatoms. The fourth-order valence-corrected chi connectivity index (χ4v) is 1.58. The molecule has 0 unspecified atom stereocenters. The molecule has 1 aromatic carbocycles. The van der Waals surface area contributed by atoms with Crippen LogP contribution in [0.25, 0.3) is 0 Å². The van der Waals surface area contributed by atoms with Crippen molar-refractivity contribution in [1.82, 2.24) is 4.98 Å². The molecular formula is C14H16N2O2. The van der Waals surface area contributed by atoms with E-state index >= 15 is 0 Å². The molecule has 0 radical (unpaired) electrons. The van der Waals surface area contributed by atoms with Crippen molar-refractivity contribution >= 4 is 5.69 Å². The van der Waals surface area contributed by atoms with Crippen molar-refractivity contribution < 1.29 is 9.84 Å². The monoisotopic (exact) mass is 244 g/mol. The van der Waals surface area contributed by atoms with Crippen LogP contribution in [0.15, 0.2) is 42.7 Å². The highest BCUT2D eigenvalue weighted by molar-refractivity contribution is 5.50. The zero-order valence-electron chi connectivity index (χ0n) is 10.5. The van der Waals surface area contributed by atoms with Gasteiger partial charge in [0.05, 0.1) is 6.61 Å². The molecule has 0 saturated carbocycles. The Balaban J connectivity index is 2.25. The molecule has 0 aliphatic rings. The maximum absolute atomic E-state index is 9.21. The number of anilines is 1. The lowest BCUT2D eigenvalue weighted by atomic mass is 10.2. The van der Waals surface area contributed by atoms with Gasteiger partial charge in [-0.25, -0.2) is 0 Å². The molecule has 1 N–H and O–H groups in total. The van der Waals surface area contributed by atoms with E-state index in [0.717, 1.165) is 11.4 Å². The molecule has 0 aliphatic carbocycles. The van der Waals surface area contributed by atoms with Crippen LogP contribution in [0.1, 0.15) is 5.56 Å². The molecule has 0 aliphatic heterocycles. The maximum atomic E-state index is 9.21. The van der Waals surface area contributed by atoms with E-state index < -0.39 is 0 Å². The van der Waals surface area contributed by atoms with E-state index in [0.29, 0.717) is 11.3 Å². The summed E-state index contributed by atoms with van der Waals surface area (Å²) in [5.41, 5.74) is 1.74. The minimum Gasteiger partial charge on any atom is -0.457 e. The van der Waals surface area contributed by atoms with Crippen LogP contribution >= 0.6 is 0 Å². The third kappa shape index (κ3) is 2.78. The average molecular weight is 244 g/mol. The van der Waals surface area contributed by atoms with Gasteiger partial charge in [-0.1, -0.05) is 6.07 Å². The third-order valence-electron chi connectivity index (χ3n) is 2.59. The predicted octanol–water partition coefficient (Wildman–Crippen LogP) is 2.43. The number of nitrogens with zero attached hydrogens (tertiary/aromatic N) is 2. The minimum absolute atomic E-state index is 0.0868. The first-order valence-corrected chi connectivity index (χ1v) is 5.69. The Morgan fingerprint density at radius 3 is 2.83 bits per heavy atom. The number of aliphatic hydroxyl groups is 1. The first-order chi connectivity index (χ1) is 8.70. The largest absolute Gasteiger partial charge is 0.457 e. The summed E-state index contributed by atoms with van der Waals surface area (Å²) in [6.45, 7) is -0.0868. The Bertz CT molecular complexity index is 527. The molecule has 0 spiro atoms. The summed E-state index contributed by atoms with van der Waals surface area (Å²) in [4.78, 5) is 5.96. The van der Waals surface area contributed by atoms with Crippen LogP contribution in [0.2, 0.25) is 0 Å². The topological polar surface area (TPSA) is 45.6 Å². The van der Waals surface area contributed by atoms with Crippen LogP contribution in [0, 0.1) is 0 Å². The molecule has 94 valence electrons. The molecule has 0 atom stereocenters. The molecule has 0 fully saturated rings. The van der Waals surface area contributed by atoms with Crippen molar-refractivity contribution in [3.05, 3.63) is 48.3 Å². The Labute approximate surface area is 106 Å². The van der Waals surface area contributed by atoms with Crippen LogP contribution in [-0.2, 0) is 6.61 Å². The van der Waals surface area contributed by atoms with E-state index in [1.807, 2.05) is 43.3 Å². The first-order valence-electron chi connectivity index (χ1n) is 5.69. The summed E-state index contributed by atoms with van der Waals surface area (Å²) in [6, 6.07) is 9.51. The fourth-order valence-electron chi connectivity index (χ4n) is 1.58. The molecule has 1 aromatic heterocycles. The molecule has 2 rings (SSSR count). The number of ether oxygens (including phenoxy) is 1. The number of hydrogen-bond acceptors (Lipinski definition) is 4. The minimum atomic E-state index is -0.0868. The van der Waals surface area contributed by atoms with Gasteiger partial charge in [-0.2, -0.15) is 0 Å². The quantitative estimate of drug-likeness (QED) is 0.897. The highest BCUT2D eigenvalue weighted by Crippen LogP contribution is 2.27. The SMILES string of the molecule is CN(C)c1cccc(Oc2ccncc2CO)c1. The van der Waals surface area contributed by atoms with E-state index in [2.05, 4.69) is 4.98 Å². The average Bonchev–Trinajstić information content (AvgIpc) is 2.39. The Kier molecular flexibility index (Phi) is 3.79. The molecule has 18 heavy (non-hydrogen) atoms. The smallest absolute Gasteiger partial charge is 0.136 e. The molecular weight excluding hydrogens is 228 g/mol. The highest BCUT2D eigenvalue weighted by atomic mass is 16.5. The summed E-state index contributed by atoms with van der Waals surface area (Å²) >= 11 is 0.